The van der Waals surface area contributed by atoms with Crippen molar-refractivity contribution in [2.45, 2.75) is 18.7 Å². The minimum atomic E-state index is -0.250. The highest BCUT2D eigenvalue weighted by Crippen LogP contribution is 2.32. The Labute approximate surface area is 158 Å². The molecule has 5 rings (SSSR count). The minimum absolute atomic E-state index is 0.200. The first-order valence-electron chi connectivity index (χ1n) is 9.47. The lowest BCUT2D eigenvalue weighted by molar-refractivity contribution is -0.0499. The van der Waals surface area contributed by atoms with Gasteiger partial charge in [-0.1, -0.05) is 30.3 Å². The first kappa shape index (κ1) is 16.7. The van der Waals surface area contributed by atoms with Gasteiger partial charge in [0.25, 0.3) is 0 Å². The Morgan fingerprint density at radius 3 is 2.85 bits per heavy atom. The van der Waals surface area contributed by atoms with Gasteiger partial charge in [-0.15, -0.1) is 0 Å². The molecule has 138 valence electrons. The van der Waals surface area contributed by atoms with Crippen LogP contribution in [0.4, 0.5) is 10.1 Å². The number of benzene rings is 2. The standard InChI is InChI=1S/C22H22FN3O/c23-17-6-7-18-19(12-17)24-9-8-20(18)26-14-21-22(15-26)27-11-10-25(21)13-16-4-2-1-3-5-16/h1-9,12,21-22H,10-11,13-15H2. The summed E-state index contributed by atoms with van der Waals surface area (Å²) in [5.41, 5.74) is 3.14. The molecule has 0 spiro atoms. The van der Waals surface area contributed by atoms with Crippen LogP contribution in [0.2, 0.25) is 0 Å². The van der Waals surface area contributed by atoms with Crippen molar-refractivity contribution in [3.63, 3.8) is 0 Å². The molecule has 0 amide bonds. The molecule has 5 heteroatoms. The van der Waals surface area contributed by atoms with E-state index in [-0.39, 0.29) is 11.9 Å². The van der Waals surface area contributed by atoms with Crippen LogP contribution in [0, 0.1) is 5.82 Å². The van der Waals surface area contributed by atoms with Crippen molar-refractivity contribution >= 4 is 16.6 Å². The van der Waals surface area contributed by atoms with E-state index in [1.165, 1.54) is 17.7 Å². The lowest BCUT2D eigenvalue weighted by Gasteiger charge is -2.36. The normalized spacial score (nSPS) is 22.9. The van der Waals surface area contributed by atoms with Gasteiger partial charge in [-0.05, 0) is 23.8 Å². The van der Waals surface area contributed by atoms with E-state index in [0.29, 0.717) is 11.6 Å². The molecule has 0 N–H and O–H groups in total. The highest BCUT2D eigenvalue weighted by atomic mass is 19.1. The van der Waals surface area contributed by atoms with Crippen LogP contribution in [0.5, 0.6) is 0 Å². The fraction of sp³-hybridized carbons (Fsp3) is 0.318. The summed E-state index contributed by atoms with van der Waals surface area (Å²) in [7, 11) is 0. The highest BCUT2D eigenvalue weighted by Gasteiger charge is 2.40. The third-order valence-corrected chi connectivity index (χ3v) is 5.67. The first-order chi connectivity index (χ1) is 13.3. The van der Waals surface area contributed by atoms with Gasteiger partial charge in [-0.3, -0.25) is 9.88 Å². The van der Waals surface area contributed by atoms with Gasteiger partial charge in [-0.2, -0.15) is 0 Å². The lowest BCUT2D eigenvalue weighted by atomic mass is 10.1. The monoisotopic (exact) mass is 363 g/mol. The van der Waals surface area contributed by atoms with Crippen molar-refractivity contribution in [1.29, 1.82) is 0 Å². The summed E-state index contributed by atoms with van der Waals surface area (Å²) in [5.74, 6) is -0.250. The fourth-order valence-corrected chi connectivity index (χ4v) is 4.35. The molecule has 0 bridgehead atoms. The van der Waals surface area contributed by atoms with Crippen LogP contribution in [-0.2, 0) is 11.3 Å². The Morgan fingerprint density at radius 2 is 1.96 bits per heavy atom. The Morgan fingerprint density at radius 1 is 1.07 bits per heavy atom. The van der Waals surface area contributed by atoms with E-state index in [1.54, 1.807) is 6.20 Å². The van der Waals surface area contributed by atoms with Gasteiger partial charge < -0.3 is 9.64 Å². The predicted molar refractivity (Wildman–Crippen MR) is 104 cm³/mol. The molecule has 2 aromatic carbocycles. The molecule has 3 heterocycles. The second-order valence-electron chi connectivity index (χ2n) is 7.33. The predicted octanol–water partition coefficient (Wildman–Crippen LogP) is 3.46. The zero-order valence-corrected chi connectivity index (χ0v) is 15.1. The summed E-state index contributed by atoms with van der Waals surface area (Å²) in [4.78, 5) is 9.22. The Kier molecular flexibility index (Phi) is 4.26. The quantitative estimate of drug-likeness (QED) is 0.713. The Balaban J connectivity index is 1.41. The van der Waals surface area contributed by atoms with E-state index >= 15 is 0 Å². The zero-order valence-electron chi connectivity index (χ0n) is 15.1. The minimum Gasteiger partial charge on any atom is -0.373 e. The van der Waals surface area contributed by atoms with Gasteiger partial charge in [0.15, 0.2) is 0 Å². The largest absolute Gasteiger partial charge is 0.373 e. The molecule has 2 aliphatic rings. The number of hydrogen-bond donors (Lipinski definition) is 0. The summed E-state index contributed by atoms with van der Waals surface area (Å²) in [6, 6.07) is 17.8. The first-order valence-corrected chi connectivity index (χ1v) is 9.47. The lowest BCUT2D eigenvalue weighted by Crippen LogP contribution is -2.50. The number of hydrogen-bond acceptors (Lipinski definition) is 4. The molecular formula is C22H22FN3O. The van der Waals surface area contributed by atoms with Gasteiger partial charge in [-0.25, -0.2) is 4.39 Å². The molecule has 2 aliphatic heterocycles. The maximum absolute atomic E-state index is 13.6. The van der Waals surface area contributed by atoms with Gasteiger partial charge in [0.1, 0.15) is 5.82 Å². The molecule has 0 radical (unpaired) electrons. The topological polar surface area (TPSA) is 28.6 Å². The number of ether oxygens (including phenoxy) is 1. The van der Waals surface area contributed by atoms with Crippen LogP contribution in [0.15, 0.2) is 60.8 Å². The van der Waals surface area contributed by atoms with Crippen LogP contribution in [0.25, 0.3) is 10.9 Å². The van der Waals surface area contributed by atoms with Crippen molar-refractivity contribution in [2.24, 2.45) is 0 Å². The van der Waals surface area contributed by atoms with Gasteiger partial charge in [0.05, 0.1) is 24.3 Å². The number of pyridine rings is 1. The second-order valence-corrected chi connectivity index (χ2v) is 7.33. The van der Waals surface area contributed by atoms with Crippen LogP contribution >= 0.6 is 0 Å². The Hall–Kier alpha value is -2.50. The zero-order chi connectivity index (χ0) is 18.2. The van der Waals surface area contributed by atoms with E-state index in [0.717, 1.165) is 43.9 Å². The van der Waals surface area contributed by atoms with Crippen LogP contribution in [-0.4, -0.2) is 48.3 Å². The summed E-state index contributed by atoms with van der Waals surface area (Å²) >= 11 is 0. The third kappa shape index (κ3) is 3.17. The van der Waals surface area contributed by atoms with Crippen molar-refractivity contribution in [2.75, 3.05) is 31.1 Å². The number of aromatic nitrogens is 1. The molecule has 2 unspecified atom stereocenters. The van der Waals surface area contributed by atoms with Crippen LogP contribution in [0.1, 0.15) is 5.56 Å². The summed E-state index contributed by atoms with van der Waals surface area (Å²) in [6.45, 7) is 4.43. The van der Waals surface area contributed by atoms with E-state index in [1.807, 2.05) is 12.1 Å². The van der Waals surface area contributed by atoms with Crippen molar-refractivity contribution in [3.8, 4) is 0 Å². The molecule has 0 saturated carbocycles. The number of nitrogens with zero attached hydrogens (tertiary/aromatic N) is 3. The molecule has 2 saturated heterocycles. The summed E-state index contributed by atoms with van der Waals surface area (Å²) in [6.07, 6.45) is 1.97. The van der Waals surface area contributed by atoms with Crippen LogP contribution < -0.4 is 4.90 Å². The molecule has 4 nitrogen and oxygen atoms in total. The molecular weight excluding hydrogens is 341 g/mol. The van der Waals surface area contributed by atoms with E-state index in [9.17, 15) is 4.39 Å². The average molecular weight is 363 g/mol. The van der Waals surface area contributed by atoms with E-state index in [4.69, 9.17) is 4.74 Å². The van der Waals surface area contributed by atoms with E-state index in [2.05, 4.69) is 45.1 Å². The number of anilines is 1. The fourth-order valence-electron chi connectivity index (χ4n) is 4.35. The molecule has 1 aromatic heterocycles. The maximum atomic E-state index is 13.6. The van der Waals surface area contributed by atoms with Crippen molar-refractivity contribution < 1.29 is 9.13 Å². The van der Waals surface area contributed by atoms with Crippen LogP contribution in [0.3, 0.4) is 0 Å². The molecule has 2 fully saturated rings. The number of rotatable bonds is 3. The van der Waals surface area contributed by atoms with E-state index < -0.39 is 0 Å². The molecule has 27 heavy (non-hydrogen) atoms. The number of halogens is 1. The second kappa shape index (κ2) is 6.91. The average Bonchev–Trinajstić information content (AvgIpc) is 3.13. The highest BCUT2D eigenvalue weighted by molar-refractivity contribution is 5.91. The van der Waals surface area contributed by atoms with Gasteiger partial charge >= 0.3 is 0 Å². The number of fused-ring (bicyclic) bond motifs is 2. The van der Waals surface area contributed by atoms with Crippen molar-refractivity contribution in [3.05, 3.63) is 72.2 Å². The third-order valence-electron chi connectivity index (χ3n) is 5.67. The SMILES string of the molecule is Fc1ccc2c(N3CC4OCCN(Cc5ccccc5)C4C3)ccnc2c1. The Bertz CT molecular complexity index is 949. The molecule has 0 aliphatic carbocycles. The van der Waals surface area contributed by atoms with Crippen molar-refractivity contribution in [1.82, 2.24) is 9.88 Å². The van der Waals surface area contributed by atoms with Gasteiger partial charge in [0.2, 0.25) is 0 Å². The number of morpholine rings is 1. The molecule has 2 atom stereocenters. The van der Waals surface area contributed by atoms with Gasteiger partial charge in [0, 0.05) is 49.5 Å². The maximum Gasteiger partial charge on any atom is 0.125 e. The summed E-state index contributed by atoms with van der Waals surface area (Å²) < 4.78 is 19.7. The smallest absolute Gasteiger partial charge is 0.125 e. The molecule has 3 aromatic rings. The summed E-state index contributed by atoms with van der Waals surface area (Å²) in [5, 5.41) is 0.993.